The van der Waals surface area contributed by atoms with E-state index >= 15 is 0 Å². The average molecular weight is 361 g/mol. The van der Waals surface area contributed by atoms with Crippen LogP contribution < -0.4 is 15.2 Å². The molecule has 0 spiro atoms. The van der Waals surface area contributed by atoms with E-state index in [2.05, 4.69) is 107 Å². The van der Waals surface area contributed by atoms with Crippen molar-refractivity contribution in [2.75, 3.05) is 38.0 Å². The van der Waals surface area contributed by atoms with Crippen LogP contribution in [0.2, 0.25) is 0 Å². The maximum absolute atomic E-state index is 4.44. The topological polar surface area (TPSA) is 30.9 Å². The van der Waals surface area contributed by atoms with Gasteiger partial charge >= 0.3 is 0 Å². The van der Waals surface area contributed by atoms with E-state index in [1.165, 1.54) is 22.5 Å². The molecule has 0 bridgehead atoms. The van der Waals surface area contributed by atoms with Gasteiger partial charge in [0.2, 0.25) is 0 Å². The Morgan fingerprint density at radius 2 is 1.30 bits per heavy atom. The van der Waals surface area contributed by atoms with Crippen molar-refractivity contribution in [1.29, 1.82) is 0 Å². The summed E-state index contributed by atoms with van der Waals surface area (Å²) < 4.78 is 0. The highest BCUT2D eigenvalue weighted by Crippen LogP contribution is 2.16. The Balaban J connectivity index is 1.53. The lowest BCUT2D eigenvalue weighted by molar-refractivity contribution is 0.694. The smallest absolute Gasteiger partial charge is 0.0679 e. The third-order valence-electron chi connectivity index (χ3n) is 4.61. The van der Waals surface area contributed by atoms with Crippen molar-refractivity contribution in [3.8, 4) is 0 Å². The first-order chi connectivity index (χ1) is 13.0. The summed E-state index contributed by atoms with van der Waals surface area (Å²) in [4.78, 5) is 4.20. The van der Waals surface area contributed by atoms with Crippen molar-refractivity contribution in [3.05, 3.63) is 71.8 Å². The van der Waals surface area contributed by atoms with Gasteiger partial charge in [0, 0.05) is 46.0 Å². The molecule has 4 heteroatoms. The normalized spacial score (nSPS) is 16.6. The molecular formula is C23H28N4. The third kappa shape index (κ3) is 5.23. The van der Waals surface area contributed by atoms with Crippen LogP contribution in [-0.2, 0) is 0 Å². The summed E-state index contributed by atoms with van der Waals surface area (Å²) in [6.45, 7) is 0. The van der Waals surface area contributed by atoms with Crippen LogP contribution >= 0.6 is 0 Å². The van der Waals surface area contributed by atoms with Gasteiger partial charge < -0.3 is 15.2 Å². The van der Waals surface area contributed by atoms with Crippen molar-refractivity contribution in [2.24, 2.45) is 5.10 Å². The molecule has 0 fully saturated rings. The minimum Gasteiger partial charge on any atom is -0.378 e. The monoisotopic (exact) mass is 360 g/mol. The average Bonchev–Trinajstić information content (AvgIpc) is 3.13. The summed E-state index contributed by atoms with van der Waals surface area (Å²) >= 11 is 0. The molecule has 2 aromatic carbocycles. The second-order valence-corrected chi connectivity index (χ2v) is 7.21. The number of rotatable bonds is 6. The molecule has 1 aliphatic heterocycles. The van der Waals surface area contributed by atoms with Crippen LogP contribution in [0.5, 0.6) is 0 Å². The molecule has 3 rings (SSSR count). The van der Waals surface area contributed by atoms with Gasteiger partial charge in [-0.3, -0.25) is 0 Å². The molecule has 1 aliphatic rings. The lowest BCUT2D eigenvalue weighted by Gasteiger charge is -2.11. The van der Waals surface area contributed by atoms with Crippen LogP contribution in [0, 0.1) is 0 Å². The van der Waals surface area contributed by atoms with Gasteiger partial charge in [-0.25, -0.2) is 0 Å². The fraction of sp³-hybridized carbons (Fsp3) is 0.261. The number of nitrogens with one attached hydrogen (secondary N) is 1. The van der Waals surface area contributed by atoms with Gasteiger partial charge in [-0.05, 0) is 41.5 Å². The van der Waals surface area contributed by atoms with E-state index in [0.717, 1.165) is 12.1 Å². The summed E-state index contributed by atoms with van der Waals surface area (Å²) in [6, 6.07) is 17.3. The van der Waals surface area contributed by atoms with E-state index in [1.54, 1.807) is 0 Å². The zero-order chi connectivity index (χ0) is 19.2. The predicted molar refractivity (Wildman–Crippen MR) is 119 cm³/mol. The molecular weight excluding hydrogens is 332 g/mol. The first-order valence-electron chi connectivity index (χ1n) is 9.24. The Labute approximate surface area is 162 Å². The van der Waals surface area contributed by atoms with E-state index < -0.39 is 0 Å². The van der Waals surface area contributed by atoms with Gasteiger partial charge in [0.1, 0.15) is 0 Å². The van der Waals surface area contributed by atoms with E-state index in [0.29, 0.717) is 0 Å². The lowest BCUT2D eigenvalue weighted by atomic mass is 10.1. The summed E-state index contributed by atoms with van der Waals surface area (Å²) in [6.07, 6.45) is 9.45. The van der Waals surface area contributed by atoms with Gasteiger partial charge in [-0.15, -0.1) is 0 Å². The second kappa shape index (κ2) is 8.58. The van der Waals surface area contributed by atoms with Crippen molar-refractivity contribution in [3.63, 3.8) is 0 Å². The first-order valence-corrected chi connectivity index (χ1v) is 9.24. The standard InChI is InChI=1S/C23H28N4/c1-26(2)22-13-7-18(8-14-22)5-11-20-17-21(25-24-20)12-6-19-9-15-23(16-10-19)27(3)4/h5-16,20,24H,17H2,1-4H3. The maximum Gasteiger partial charge on any atom is 0.0679 e. The Hall–Kier alpha value is -3.01. The van der Waals surface area contributed by atoms with Crippen molar-refractivity contribution in [1.82, 2.24) is 5.43 Å². The van der Waals surface area contributed by atoms with Crippen molar-refractivity contribution >= 4 is 29.2 Å². The Bertz CT molecular complexity index is 828. The van der Waals surface area contributed by atoms with Crippen LogP contribution in [-0.4, -0.2) is 39.9 Å². The molecule has 0 saturated carbocycles. The van der Waals surface area contributed by atoms with Crippen molar-refractivity contribution < 1.29 is 0 Å². The number of hydrogen-bond donors (Lipinski definition) is 1. The van der Waals surface area contributed by atoms with Gasteiger partial charge in [0.05, 0.1) is 11.8 Å². The molecule has 2 aromatic rings. The molecule has 0 aromatic heterocycles. The Morgan fingerprint density at radius 1 is 0.778 bits per heavy atom. The number of hydrazone groups is 1. The van der Waals surface area contributed by atoms with Gasteiger partial charge in [0.15, 0.2) is 0 Å². The molecule has 1 heterocycles. The minimum atomic E-state index is 0.245. The molecule has 27 heavy (non-hydrogen) atoms. The van der Waals surface area contributed by atoms with Crippen LogP contribution in [0.3, 0.4) is 0 Å². The highest BCUT2D eigenvalue weighted by atomic mass is 15.3. The third-order valence-corrected chi connectivity index (χ3v) is 4.61. The van der Waals surface area contributed by atoms with Gasteiger partial charge in [0.25, 0.3) is 0 Å². The van der Waals surface area contributed by atoms with E-state index in [1.807, 2.05) is 14.1 Å². The van der Waals surface area contributed by atoms with E-state index in [-0.39, 0.29) is 6.04 Å². The minimum absolute atomic E-state index is 0.245. The van der Waals surface area contributed by atoms with E-state index in [4.69, 9.17) is 0 Å². The summed E-state index contributed by atoms with van der Waals surface area (Å²) in [7, 11) is 8.20. The van der Waals surface area contributed by atoms with Crippen LogP contribution in [0.1, 0.15) is 17.5 Å². The molecule has 4 nitrogen and oxygen atoms in total. The number of nitrogens with zero attached hydrogens (tertiary/aromatic N) is 3. The fourth-order valence-corrected chi connectivity index (χ4v) is 2.89. The van der Waals surface area contributed by atoms with E-state index in [9.17, 15) is 0 Å². The molecule has 0 aliphatic carbocycles. The van der Waals surface area contributed by atoms with Crippen LogP contribution in [0.25, 0.3) is 12.2 Å². The molecule has 1 atom stereocenters. The summed E-state index contributed by atoms with van der Waals surface area (Å²) in [5.74, 6) is 0. The quantitative estimate of drug-likeness (QED) is 0.835. The molecule has 0 radical (unpaired) electrons. The number of hydrogen-bond acceptors (Lipinski definition) is 4. The Morgan fingerprint density at radius 3 is 1.81 bits per heavy atom. The van der Waals surface area contributed by atoms with Gasteiger partial charge in [-0.2, -0.15) is 5.10 Å². The highest BCUT2D eigenvalue weighted by Gasteiger charge is 2.13. The molecule has 140 valence electrons. The SMILES string of the molecule is CN(C)c1ccc(C=CC2=NNC(C=Cc3ccc(N(C)C)cc3)C2)cc1. The molecule has 0 saturated heterocycles. The van der Waals surface area contributed by atoms with Gasteiger partial charge in [-0.1, -0.05) is 42.5 Å². The Kier molecular flexibility index (Phi) is 5.97. The van der Waals surface area contributed by atoms with Crippen LogP contribution in [0.15, 0.2) is 65.8 Å². The zero-order valence-corrected chi connectivity index (χ0v) is 16.6. The molecule has 1 unspecified atom stereocenters. The summed E-state index contributed by atoms with van der Waals surface area (Å²) in [5, 5.41) is 4.44. The van der Waals surface area contributed by atoms with Crippen molar-refractivity contribution in [2.45, 2.75) is 12.5 Å². The number of benzene rings is 2. The first kappa shape index (κ1) is 18.8. The number of allylic oxidation sites excluding steroid dienone is 1. The highest BCUT2D eigenvalue weighted by molar-refractivity contribution is 5.99. The maximum atomic E-state index is 4.44. The molecule has 1 N–H and O–H groups in total. The largest absolute Gasteiger partial charge is 0.378 e. The lowest BCUT2D eigenvalue weighted by Crippen LogP contribution is -2.15. The van der Waals surface area contributed by atoms with Crippen LogP contribution in [0.4, 0.5) is 11.4 Å². The predicted octanol–water partition coefficient (Wildman–Crippen LogP) is 4.26. The second-order valence-electron chi connectivity index (χ2n) is 7.21. The fourth-order valence-electron chi connectivity index (χ4n) is 2.89. The number of anilines is 2. The molecule has 0 amide bonds. The zero-order valence-electron chi connectivity index (χ0n) is 16.6. The summed E-state index contributed by atoms with van der Waals surface area (Å²) in [5.41, 5.74) is 9.07.